The number of carbonyl (C=O) groups is 2. The van der Waals surface area contributed by atoms with Crippen molar-refractivity contribution in [3.8, 4) is 0 Å². The molecular weight excluding hydrogens is 308 g/mol. The van der Waals surface area contributed by atoms with Gasteiger partial charge in [-0.1, -0.05) is 24.3 Å². The van der Waals surface area contributed by atoms with Gasteiger partial charge in [-0.3, -0.25) is 9.59 Å². The Bertz CT molecular complexity index is 787. The summed E-state index contributed by atoms with van der Waals surface area (Å²) in [4.78, 5) is 25.3. The number of carbonyl (C=O) groups excluding carboxylic acids is 2. The fourth-order valence-corrected chi connectivity index (χ4v) is 2.85. The van der Waals surface area contributed by atoms with Crippen molar-refractivity contribution in [2.75, 3.05) is 4.90 Å². The van der Waals surface area contributed by atoms with Crippen molar-refractivity contribution in [3.63, 3.8) is 0 Å². The Labute approximate surface area is 129 Å². The van der Waals surface area contributed by atoms with Crippen molar-refractivity contribution in [1.82, 2.24) is 0 Å². The van der Waals surface area contributed by atoms with Gasteiger partial charge in [-0.15, -0.1) is 0 Å². The second-order valence-electron chi connectivity index (χ2n) is 4.52. The Kier molecular flexibility index (Phi) is 3.77. The zero-order chi connectivity index (χ0) is 15.7. The first-order valence-electron chi connectivity index (χ1n) is 6.34. The molecule has 2 aromatic rings. The Morgan fingerprint density at radius 1 is 0.955 bits per heavy atom. The molecule has 1 aliphatic rings. The predicted octanol–water partition coefficient (Wildman–Crippen LogP) is 4.21. The van der Waals surface area contributed by atoms with Crippen molar-refractivity contribution < 1.29 is 18.4 Å². The van der Waals surface area contributed by atoms with Gasteiger partial charge in [-0.05, 0) is 47.7 Å². The van der Waals surface area contributed by atoms with Crippen LogP contribution in [-0.4, -0.2) is 11.1 Å². The van der Waals surface area contributed by atoms with Gasteiger partial charge < -0.3 is 0 Å². The highest BCUT2D eigenvalue weighted by molar-refractivity contribution is 8.19. The number of rotatable bonds is 2. The molecular formula is C16H9F2NO2S. The van der Waals surface area contributed by atoms with Crippen LogP contribution in [0.15, 0.2) is 53.4 Å². The van der Waals surface area contributed by atoms with E-state index in [1.54, 1.807) is 6.07 Å². The molecule has 0 spiro atoms. The number of imide groups is 1. The molecule has 0 saturated carbocycles. The van der Waals surface area contributed by atoms with Crippen molar-refractivity contribution in [1.29, 1.82) is 0 Å². The summed E-state index contributed by atoms with van der Waals surface area (Å²) in [6, 6.07) is 11.1. The summed E-state index contributed by atoms with van der Waals surface area (Å²) in [6.45, 7) is 0. The van der Waals surface area contributed by atoms with Gasteiger partial charge in [0.1, 0.15) is 11.6 Å². The first kappa shape index (κ1) is 14.5. The molecule has 0 unspecified atom stereocenters. The molecule has 3 rings (SSSR count). The van der Waals surface area contributed by atoms with Crippen LogP contribution in [0.25, 0.3) is 6.08 Å². The molecule has 0 aromatic heterocycles. The molecule has 1 fully saturated rings. The van der Waals surface area contributed by atoms with Crippen LogP contribution in [0.5, 0.6) is 0 Å². The van der Waals surface area contributed by atoms with E-state index < -0.39 is 22.8 Å². The quantitative estimate of drug-likeness (QED) is 0.779. The van der Waals surface area contributed by atoms with Crippen LogP contribution in [0.3, 0.4) is 0 Å². The lowest BCUT2D eigenvalue weighted by molar-refractivity contribution is -0.113. The summed E-state index contributed by atoms with van der Waals surface area (Å²) in [5.74, 6) is -1.63. The monoisotopic (exact) mass is 317 g/mol. The van der Waals surface area contributed by atoms with E-state index in [2.05, 4.69) is 0 Å². The maximum Gasteiger partial charge on any atom is 0.298 e. The van der Waals surface area contributed by atoms with Gasteiger partial charge in [0.15, 0.2) is 0 Å². The second-order valence-corrected chi connectivity index (χ2v) is 5.51. The summed E-state index contributed by atoms with van der Waals surface area (Å²) in [7, 11) is 0. The molecule has 0 atom stereocenters. The molecule has 22 heavy (non-hydrogen) atoms. The van der Waals surface area contributed by atoms with Crippen LogP contribution in [0, 0.1) is 11.6 Å². The Morgan fingerprint density at radius 3 is 2.32 bits per heavy atom. The van der Waals surface area contributed by atoms with Gasteiger partial charge in [0.25, 0.3) is 11.1 Å². The lowest BCUT2D eigenvalue weighted by Gasteiger charge is -2.12. The smallest absolute Gasteiger partial charge is 0.268 e. The number of amides is 2. The lowest BCUT2D eigenvalue weighted by Crippen LogP contribution is -2.28. The molecule has 6 heteroatoms. The first-order valence-corrected chi connectivity index (χ1v) is 7.16. The van der Waals surface area contributed by atoms with Crippen molar-refractivity contribution >= 4 is 34.7 Å². The Morgan fingerprint density at radius 2 is 1.64 bits per heavy atom. The van der Waals surface area contributed by atoms with Gasteiger partial charge in [0, 0.05) is 0 Å². The molecule has 0 bridgehead atoms. The maximum absolute atomic E-state index is 13.8. The van der Waals surface area contributed by atoms with E-state index in [1.807, 2.05) is 0 Å². The normalized spacial score (nSPS) is 16.6. The molecule has 0 N–H and O–H groups in total. The van der Waals surface area contributed by atoms with E-state index in [9.17, 15) is 18.4 Å². The summed E-state index contributed by atoms with van der Waals surface area (Å²) >= 11 is 0.722. The molecule has 3 nitrogen and oxygen atoms in total. The first-order chi connectivity index (χ1) is 10.6. The molecule has 1 aliphatic heterocycles. The lowest BCUT2D eigenvalue weighted by atomic mass is 10.2. The van der Waals surface area contributed by atoms with Gasteiger partial charge >= 0.3 is 0 Å². The van der Waals surface area contributed by atoms with Crippen LogP contribution in [0.1, 0.15) is 5.56 Å². The number of para-hydroxylation sites is 1. The zero-order valence-corrected chi connectivity index (χ0v) is 11.9. The molecule has 2 aromatic carbocycles. The van der Waals surface area contributed by atoms with E-state index in [-0.39, 0.29) is 10.6 Å². The molecule has 110 valence electrons. The maximum atomic E-state index is 13.8. The van der Waals surface area contributed by atoms with Crippen LogP contribution in [-0.2, 0) is 4.79 Å². The van der Waals surface area contributed by atoms with Crippen LogP contribution >= 0.6 is 11.8 Å². The standard InChI is InChI=1S/C16H9F2NO2S/c17-11-7-5-10(6-8-11)9-14-15(20)19(16(21)22-14)13-4-2-1-3-12(13)18/h1-9H/b14-9-. The van der Waals surface area contributed by atoms with Crippen molar-refractivity contribution in [2.24, 2.45) is 0 Å². The fourth-order valence-electron chi connectivity index (χ4n) is 2.02. The number of hydrogen-bond donors (Lipinski definition) is 0. The molecule has 1 heterocycles. The number of benzene rings is 2. The van der Waals surface area contributed by atoms with Crippen LogP contribution < -0.4 is 4.90 Å². The van der Waals surface area contributed by atoms with E-state index in [0.29, 0.717) is 5.56 Å². The van der Waals surface area contributed by atoms with Crippen LogP contribution in [0.4, 0.5) is 19.3 Å². The Balaban J connectivity index is 1.95. The Hall–Kier alpha value is -2.47. The predicted molar refractivity (Wildman–Crippen MR) is 81.3 cm³/mol. The minimum absolute atomic E-state index is 0.0764. The highest BCUT2D eigenvalue weighted by atomic mass is 32.2. The van der Waals surface area contributed by atoms with E-state index in [0.717, 1.165) is 16.7 Å². The largest absolute Gasteiger partial charge is 0.298 e. The van der Waals surface area contributed by atoms with Gasteiger partial charge in [-0.25, -0.2) is 13.7 Å². The van der Waals surface area contributed by atoms with E-state index in [1.165, 1.54) is 48.5 Å². The number of thioether (sulfide) groups is 1. The third-order valence-electron chi connectivity index (χ3n) is 3.05. The van der Waals surface area contributed by atoms with Gasteiger partial charge in [0.2, 0.25) is 0 Å². The van der Waals surface area contributed by atoms with Crippen molar-refractivity contribution in [2.45, 2.75) is 0 Å². The number of nitrogens with zero attached hydrogens (tertiary/aromatic N) is 1. The minimum Gasteiger partial charge on any atom is -0.268 e. The molecule has 2 amide bonds. The summed E-state index contributed by atoms with van der Waals surface area (Å²) < 4.78 is 26.6. The van der Waals surface area contributed by atoms with E-state index in [4.69, 9.17) is 0 Å². The van der Waals surface area contributed by atoms with Gasteiger partial charge in [0.05, 0.1) is 10.6 Å². The molecule has 0 radical (unpaired) electrons. The molecule has 0 aliphatic carbocycles. The summed E-state index contributed by atoms with van der Waals surface area (Å²) in [5, 5.41) is -0.566. The second kappa shape index (κ2) is 5.73. The van der Waals surface area contributed by atoms with Crippen molar-refractivity contribution in [3.05, 3.63) is 70.6 Å². The minimum atomic E-state index is -0.646. The number of anilines is 1. The van der Waals surface area contributed by atoms with Crippen LogP contribution in [0.2, 0.25) is 0 Å². The average Bonchev–Trinajstić information content (AvgIpc) is 2.77. The zero-order valence-electron chi connectivity index (χ0n) is 11.1. The molecule has 1 saturated heterocycles. The summed E-state index contributed by atoms with van der Waals surface area (Å²) in [6.07, 6.45) is 1.48. The third-order valence-corrected chi connectivity index (χ3v) is 3.92. The van der Waals surface area contributed by atoms with E-state index >= 15 is 0 Å². The topological polar surface area (TPSA) is 37.4 Å². The number of hydrogen-bond acceptors (Lipinski definition) is 3. The fraction of sp³-hybridized carbons (Fsp3) is 0. The SMILES string of the molecule is O=C1S/C(=C\c2ccc(F)cc2)C(=O)N1c1ccccc1F. The number of halogens is 2. The summed E-state index contributed by atoms with van der Waals surface area (Å²) in [5.41, 5.74) is 0.507. The highest BCUT2D eigenvalue weighted by Gasteiger charge is 2.37. The third kappa shape index (κ3) is 2.65. The average molecular weight is 317 g/mol. The van der Waals surface area contributed by atoms with Gasteiger partial charge in [-0.2, -0.15) is 0 Å². The highest BCUT2D eigenvalue weighted by Crippen LogP contribution is 2.36.